The molecular weight excluding hydrogens is 388 g/mol. The van der Waals surface area contributed by atoms with Crippen molar-refractivity contribution in [3.8, 4) is 0 Å². The highest BCUT2D eigenvalue weighted by atomic mass is 16.2. The van der Waals surface area contributed by atoms with Crippen LogP contribution < -0.4 is 5.32 Å². The van der Waals surface area contributed by atoms with Gasteiger partial charge in [0, 0.05) is 51.2 Å². The standard InChI is InChI=1S/C25H44N4O2/c1-20-8-4-5-14-27(20)15-7-13-26-24(30)23(21-9-2-3-10-21)28-16-18-29(19-17-28)25(31)22-11-6-12-22/h20-23H,2-19H2,1H3,(H,26,30)/t20-,23+/m1/s1. The van der Waals surface area contributed by atoms with E-state index in [1.165, 1.54) is 57.9 Å². The molecule has 0 aromatic carbocycles. The number of hydrogen-bond acceptors (Lipinski definition) is 4. The lowest BCUT2D eigenvalue weighted by Gasteiger charge is -2.42. The second-order valence-corrected chi connectivity index (χ2v) is 10.5. The summed E-state index contributed by atoms with van der Waals surface area (Å²) in [6.45, 7) is 8.70. The summed E-state index contributed by atoms with van der Waals surface area (Å²) < 4.78 is 0. The molecule has 2 saturated heterocycles. The van der Waals surface area contributed by atoms with Gasteiger partial charge in [0.25, 0.3) is 0 Å². The molecule has 0 bridgehead atoms. The van der Waals surface area contributed by atoms with Gasteiger partial charge in [-0.3, -0.25) is 14.5 Å². The minimum absolute atomic E-state index is 0.00244. The Hall–Kier alpha value is -1.14. The van der Waals surface area contributed by atoms with Crippen molar-refractivity contribution in [2.75, 3.05) is 45.8 Å². The van der Waals surface area contributed by atoms with Gasteiger partial charge in [-0.2, -0.15) is 0 Å². The molecule has 31 heavy (non-hydrogen) atoms. The van der Waals surface area contributed by atoms with E-state index in [4.69, 9.17) is 0 Å². The van der Waals surface area contributed by atoms with Crippen LogP contribution in [0, 0.1) is 11.8 Å². The summed E-state index contributed by atoms with van der Waals surface area (Å²) in [4.78, 5) is 32.9. The molecule has 4 aliphatic rings. The summed E-state index contributed by atoms with van der Waals surface area (Å²) in [5.74, 6) is 1.36. The Bertz CT molecular complexity index is 594. The van der Waals surface area contributed by atoms with Crippen molar-refractivity contribution in [2.45, 2.75) is 89.6 Å². The van der Waals surface area contributed by atoms with Crippen molar-refractivity contribution >= 4 is 11.8 Å². The van der Waals surface area contributed by atoms with Crippen molar-refractivity contribution < 1.29 is 9.59 Å². The molecule has 0 spiro atoms. The summed E-state index contributed by atoms with van der Waals surface area (Å²) in [6, 6.07) is 0.687. The third-order valence-electron chi connectivity index (χ3n) is 8.45. The van der Waals surface area contributed by atoms with Crippen LogP contribution in [0.1, 0.15) is 77.6 Å². The van der Waals surface area contributed by atoms with Gasteiger partial charge in [-0.25, -0.2) is 0 Å². The topological polar surface area (TPSA) is 55.9 Å². The van der Waals surface area contributed by atoms with Crippen LogP contribution in [0.5, 0.6) is 0 Å². The monoisotopic (exact) mass is 432 g/mol. The average molecular weight is 433 g/mol. The van der Waals surface area contributed by atoms with Crippen LogP contribution in [0.4, 0.5) is 0 Å². The first-order chi connectivity index (χ1) is 15.1. The van der Waals surface area contributed by atoms with Gasteiger partial charge in [-0.15, -0.1) is 0 Å². The van der Waals surface area contributed by atoms with Crippen LogP contribution in [0.3, 0.4) is 0 Å². The van der Waals surface area contributed by atoms with E-state index in [-0.39, 0.29) is 17.9 Å². The normalized spacial score (nSPS) is 27.8. The smallest absolute Gasteiger partial charge is 0.237 e. The van der Waals surface area contributed by atoms with Crippen LogP contribution in [-0.2, 0) is 9.59 Å². The molecule has 6 heteroatoms. The fraction of sp³-hybridized carbons (Fsp3) is 0.920. The Morgan fingerprint density at radius 2 is 1.58 bits per heavy atom. The van der Waals surface area contributed by atoms with E-state index < -0.39 is 0 Å². The third kappa shape index (κ3) is 5.81. The van der Waals surface area contributed by atoms with Gasteiger partial charge in [0.05, 0.1) is 6.04 Å². The molecule has 4 fully saturated rings. The van der Waals surface area contributed by atoms with Gasteiger partial charge in [0.1, 0.15) is 0 Å². The van der Waals surface area contributed by atoms with Crippen LogP contribution in [0.2, 0.25) is 0 Å². The largest absolute Gasteiger partial charge is 0.355 e. The minimum Gasteiger partial charge on any atom is -0.355 e. The van der Waals surface area contributed by atoms with Gasteiger partial charge in [-0.1, -0.05) is 25.7 Å². The maximum absolute atomic E-state index is 13.3. The third-order valence-corrected chi connectivity index (χ3v) is 8.45. The van der Waals surface area contributed by atoms with Crippen molar-refractivity contribution in [3.63, 3.8) is 0 Å². The number of rotatable bonds is 8. The highest BCUT2D eigenvalue weighted by molar-refractivity contribution is 5.82. The van der Waals surface area contributed by atoms with Crippen LogP contribution in [0.15, 0.2) is 0 Å². The first kappa shape index (κ1) is 23.0. The van der Waals surface area contributed by atoms with Crippen molar-refractivity contribution in [1.29, 1.82) is 0 Å². The first-order valence-corrected chi connectivity index (χ1v) is 13.2. The van der Waals surface area contributed by atoms with E-state index in [2.05, 4.69) is 26.9 Å². The number of amides is 2. The summed E-state index contributed by atoms with van der Waals surface area (Å²) in [7, 11) is 0. The Labute approximate surface area is 189 Å². The fourth-order valence-electron chi connectivity index (χ4n) is 6.17. The number of carbonyl (C=O) groups is 2. The number of nitrogens with one attached hydrogen (secondary N) is 1. The number of piperidine rings is 1. The second kappa shape index (κ2) is 11.1. The molecule has 176 valence electrons. The SMILES string of the molecule is C[C@@H]1CCCCN1CCCNC(=O)[C@H](C1CCCC1)N1CCN(C(=O)C2CCC2)CC1. The van der Waals surface area contributed by atoms with Crippen LogP contribution >= 0.6 is 0 Å². The predicted octanol–water partition coefficient (Wildman–Crippen LogP) is 2.87. The molecular formula is C25H44N4O2. The van der Waals surface area contributed by atoms with Gasteiger partial charge >= 0.3 is 0 Å². The van der Waals surface area contributed by atoms with E-state index in [0.29, 0.717) is 17.9 Å². The Morgan fingerprint density at radius 1 is 0.871 bits per heavy atom. The maximum Gasteiger partial charge on any atom is 0.237 e. The zero-order chi connectivity index (χ0) is 21.6. The highest BCUT2D eigenvalue weighted by Crippen LogP contribution is 2.32. The van der Waals surface area contributed by atoms with E-state index in [9.17, 15) is 9.59 Å². The minimum atomic E-state index is -0.00244. The lowest BCUT2D eigenvalue weighted by molar-refractivity contribution is -0.141. The molecule has 0 aromatic heterocycles. The predicted molar refractivity (Wildman–Crippen MR) is 124 cm³/mol. The molecule has 1 N–H and O–H groups in total. The summed E-state index contributed by atoms with van der Waals surface area (Å²) in [5.41, 5.74) is 0. The quantitative estimate of drug-likeness (QED) is 0.599. The fourth-order valence-corrected chi connectivity index (χ4v) is 6.17. The first-order valence-electron chi connectivity index (χ1n) is 13.2. The number of likely N-dealkylation sites (tertiary alicyclic amines) is 1. The maximum atomic E-state index is 13.3. The van der Waals surface area contributed by atoms with E-state index in [1.807, 2.05) is 0 Å². The van der Waals surface area contributed by atoms with E-state index in [1.54, 1.807) is 0 Å². The highest BCUT2D eigenvalue weighted by Gasteiger charge is 2.38. The summed E-state index contributed by atoms with van der Waals surface area (Å²) in [5, 5.41) is 3.29. The molecule has 2 atom stereocenters. The molecule has 6 nitrogen and oxygen atoms in total. The second-order valence-electron chi connectivity index (χ2n) is 10.5. The van der Waals surface area contributed by atoms with Gasteiger partial charge in [-0.05, 0) is 64.3 Å². The Balaban J connectivity index is 1.25. The van der Waals surface area contributed by atoms with E-state index >= 15 is 0 Å². The summed E-state index contributed by atoms with van der Waals surface area (Å²) >= 11 is 0. The number of nitrogens with zero attached hydrogens (tertiary/aromatic N) is 3. The van der Waals surface area contributed by atoms with Crippen molar-refractivity contribution in [1.82, 2.24) is 20.0 Å². The van der Waals surface area contributed by atoms with E-state index in [0.717, 1.165) is 58.5 Å². The average Bonchev–Trinajstić information content (AvgIpc) is 3.26. The number of hydrogen-bond donors (Lipinski definition) is 1. The zero-order valence-corrected chi connectivity index (χ0v) is 19.7. The number of piperazine rings is 1. The lowest BCUT2D eigenvalue weighted by Crippen LogP contribution is -2.58. The molecule has 2 aliphatic heterocycles. The lowest BCUT2D eigenvalue weighted by atomic mass is 9.84. The molecule has 2 heterocycles. The van der Waals surface area contributed by atoms with Crippen LogP contribution in [-0.4, -0.2) is 84.4 Å². The summed E-state index contributed by atoms with van der Waals surface area (Å²) in [6.07, 6.45) is 13.2. The molecule has 0 radical (unpaired) electrons. The molecule has 2 saturated carbocycles. The van der Waals surface area contributed by atoms with Crippen molar-refractivity contribution in [3.05, 3.63) is 0 Å². The molecule has 4 rings (SSSR count). The Kier molecular flexibility index (Phi) is 8.27. The van der Waals surface area contributed by atoms with Gasteiger partial charge in [0.15, 0.2) is 0 Å². The number of carbonyl (C=O) groups excluding carboxylic acids is 2. The van der Waals surface area contributed by atoms with Gasteiger partial charge in [0.2, 0.25) is 11.8 Å². The molecule has 2 aliphatic carbocycles. The van der Waals surface area contributed by atoms with Crippen molar-refractivity contribution in [2.24, 2.45) is 11.8 Å². The molecule has 0 unspecified atom stereocenters. The zero-order valence-electron chi connectivity index (χ0n) is 19.7. The Morgan fingerprint density at radius 3 is 2.23 bits per heavy atom. The van der Waals surface area contributed by atoms with Crippen LogP contribution in [0.25, 0.3) is 0 Å². The molecule has 2 amide bonds. The molecule has 0 aromatic rings. The van der Waals surface area contributed by atoms with Gasteiger partial charge < -0.3 is 15.1 Å².